The van der Waals surface area contributed by atoms with Gasteiger partial charge in [0.2, 0.25) is 5.13 Å². The summed E-state index contributed by atoms with van der Waals surface area (Å²) in [6.45, 7) is 4.05. The molecular formula is C17H23N3OS. The van der Waals surface area contributed by atoms with Crippen LogP contribution in [0.2, 0.25) is 0 Å². The molecule has 1 unspecified atom stereocenters. The first-order chi connectivity index (χ1) is 10.8. The van der Waals surface area contributed by atoms with Crippen molar-refractivity contribution in [1.29, 1.82) is 0 Å². The highest BCUT2D eigenvalue weighted by molar-refractivity contribution is 7.09. The summed E-state index contributed by atoms with van der Waals surface area (Å²) >= 11 is 1.50. The Morgan fingerprint density at radius 3 is 2.86 bits per heavy atom. The van der Waals surface area contributed by atoms with Crippen molar-refractivity contribution in [2.45, 2.75) is 38.1 Å². The van der Waals surface area contributed by atoms with Gasteiger partial charge >= 0.3 is 0 Å². The molecular weight excluding hydrogens is 294 g/mol. The van der Waals surface area contributed by atoms with Gasteiger partial charge in [-0.05, 0) is 19.3 Å². The van der Waals surface area contributed by atoms with Gasteiger partial charge in [-0.2, -0.15) is 9.36 Å². The predicted molar refractivity (Wildman–Crippen MR) is 91.4 cm³/mol. The molecule has 0 amide bonds. The molecule has 1 aliphatic heterocycles. The minimum Gasteiger partial charge on any atom is -0.382 e. The Labute approximate surface area is 136 Å². The summed E-state index contributed by atoms with van der Waals surface area (Å²) in [7, 11) is 1.80. The summed E-state index contributed by atoms with van der Waals surface area (Å²) in [5, 5.41) is 1.03. The fourth-order valence-corrected chi connectivity index (χ4v) is 4.31. The van der Waals surface area contributed by atoms with E-state index in [2.05, 4.69) is 28.3 Å². The molecule has 0 saturated carbocycles. The van der Waals surface area contributed by atoms with Crippen molar-refractivity contribution < 1.29 is 4.74 Å². The molecule has 0 aliphatic carbocycles. The van der Waals surface area contributed by atoms with E-state index in [1.54, 1.807) is 7.11 Å². The van der Waals surface area contributed by atoms with Crippen molar-refractivity contribution in [2.75, 3.05) is 25.2 Å². The van der Waals surface area contributed by atoms with Crippen molar-refractivity contribution in [3.05, 3.63) is 30.3 Å². The average molecular weight is 317 g/mol. The normalized spacial score (nSPS) is 21.5. The lowest BCUT2D eigenvalue weighted by atomic mass is 9.92. The third kappa shape index (κ3) is 2.88. The Hall–Kier alpha value is -1.46. The first kappa shape index (κ1) is 15.4. The highest BCUT2D eigenvalue weighted by Crippen LogP contribution is 2.39. The largest absolute Gasteiger partial charge is 0.382 e. The molecule has 0 spiro atoms. The highest BCUT2D eigenvalue weighted by atomic mass is 32.1. The van der Waals surface area contributed by atoms with Crippen LogP contribution >= 0.6 is 11.5 Å². The predicted octanol–water partition coefficient (Wildman–Crippen LogP) is 3.99. The number of methoxy groups -OCH3 is 1. The summed E-state index contributed by atoms with van der Waals surface area (Å²) in [5.41, 5.74) is 1.17. The van der Waals surface area contributed by atoms with E-state index in [1.165, 1.54) is 24.4 Å². The molecule has 3 rings (SSSR count). The third-order valence-corrected chi connectivity index (χ3v) is 5.14. The lowest BCUT2D eigenvalue weighted by molar-refractivity contribution is 0.127. The van der Waals surface area contributed by atoms with Gasteiger partial charge in [0.15, 0.2) is 5.82 Å². The smallest absolute Gasteiger partial charge is 0.206 e. The average Bonchev–Trinajstić information content (AvgIpc) is 3.16. The van der Waals surface area contributed by atoms with Gasteiger partial charge in [-0.1, -0.05) is 43.7 Å². The number of nitrogens with zero attached hydrogens (tertiary/aromatic N) is 3. The van der Waals surface area contributed by atoms with Crippen molar-refractivity contribution in [2.24, 2.45) is 0 Å². The van der Waals surface area contributed by atoms with Crippen LogP contribution in [0, 0.1) is 0 Å². The van der Waals surface area contributed by atoms with E-state index in [1.807, 2.05) is 18.2 Å². The van der Waals surface area contributed by atoms with Gasteiger partial charge in [-0.25, -0.2) is 0 Å². The second kappa shape index (κ2) is 6.75. The second-order valence-corrected chi connectivity index (χ2v) is 6.66. The van der Waals surface area contributed by atoms with Gasteiger partial charge in [0.05, 0.1) is 12.1 Å². The Morgan fingerprint density at radius 2 is 2.14 bits per heavy atom. The van der Waals surface area contributed by atoms with E-state index in [4.69, 9.17) is 9.72 Å². The molecule has 2 heterocycles. The summed E-state index contributed by atoms with van der Waals surface area (Å²) < 4.78 is 10.1. The summed E-state index contributed by atoms with van der Waals surface area (Å²) in [5.74, 6) is 0.829. The number of hydrogen-bond acceptors (Lipinski definition) is 5. The molecule has 4 nitrogen and oxygen atoms in total. The zero-order valence-corrected chi connectivity index (χ0v) is 14.1. The maximum atomic E-state index is 5.54. The summed E-state index contributed by atoms with van der Waals surface area (Å²) in [6.07, 6.45) is 4.67. The fraction of sp³-hybridized carbons (Fsp3) is 0.529. The Kier molecular flexibility index (Phi) is 4.74. The molecule has 1 fully saturated rings. The Balaban J connectivity index is 1.88. The number of aromatic nitrogens is 2. The van der Waals surface area contributed by atoms with E-state index in [9.17, 15) is 0 Å². The first-order valence-corrected chi connectivity index (χ1v) is 8.72. The molecule has 1 saturated heterocycles. The number of benzene rings is 1. The van der Waals surface area contributed by atoms with Crippen LogP contribution in [0.3, 0.4) is 0 Å². The van der Waals surface area contributed by atoms with Gasteiger partial charge in [0, 0.05) is 30.8 Å². The third-order valence-electron chi connectivity index (χ3n) is 4.40. The number of anilines is 1. The molecule has 1 aliphatic rings. The number of rotatable bonds is 6. The van der Waals surface area contributed by atoms with Gasteiger partial charge < -0.3 is 9.64 Å². The van der Waals surface area contributed by atoms with Crippen LogP contribution in [0.1, 0.15) is 32.6 Å². The van der Waals surface area contributed by atoms with E-state index in [0.717, 1.165) is 42.5 Å². The van der Waals surface area contributed by atoms with Crippen LogP contribution in [0.5, 0.6) is 0 Å². The van der Waals surface area contributed by atoms with Crippen LogP contribution in [0.25, 0.3) is 11.4 Å². The van der Waals surface area contributed by atoms with Gasteiger partial charge in [-0.15, -0.1) is 0 Å². The van der Waals surface area contributed by atoms with Crippen LogP contribution in [-0.2, 0) is 4.74 Å². The van der Waals surface area contributed by atoms with Gasteiger partial charge in [0.1, 0.15) is 0 Å². The quantitative estimate of drug-likeness (QED) is 0.807. The molecule has 0 N–H and O–H groups in total. The van der Waals surface area contributed by atoms with Crippen LogP contribution in [0.4, 0.5) is 5.13 Å². The number of hydrogen-bond donors (Lipinski definition) is 0. The lowest BCUT2D eigenvalue weighted by Crippen LogP contribution is -2.47. The lowest BCUT2D eigenvalue weighted by Gasteiger charge is -2.37. The van der Waals surface area contributed by atoms with Crippen molar-refractivity contribution in [1.82, 2.24) is 9.36 Å². The molecule has 118 valence electrons. The van der Waals surface area contributed by atoms with Gasteiger partial charge in [0.25, 0.3) is 0 Å². The van der Waals surface area contributed by atoms with Crippen molar-refractivity contribution in [3.63, 3.8) is 0 Å². The molecule has 1 atom stereocenters. The minimum absolute atomic E-state index is 0.0942. The molecule has 0 radical (unpaired) electrons. The molecule has 22 heavy (non-hydrogen) atoms. The zero-order chi connectivity index (χ0) is 15.4. The zero-order valence-electron chi connectivity index (χ0n) is 13.3. The standard InChI is InChI=1S/C17H23N3OS/c1-3-10-17(13-21-2)11-7-12-20(17)16-18-15(19-22-16)14-8-5-4-6-9-14/h4-6,8-9H,3,7,10-13H2,1-2H3. The van der Waals surface area contributed by atoms with Crippen LogP contribution in [-0.4, -0.2) is 35.2 Å². The van der Waals surface area contributed by atoms with E-state index >= 15 is 0 Å². The van der Waals surface area contributed by atoms with Crippen molar-refractivity contribution in [3.8, 4) is 11.4 Å². The minimum atomic E-state index is 0.0942. The highest BCUT2D eigenvalue weighted by Gasteiger charge is 2.41. The first-order valence-electron chi connectivity index (χ1n) is 7.95. The number of ether oxygens (including phenoxy) is 1. The topological polar surface area (TPSA) is 38.2 Å². The van der Waals surface area contributed by atoms with E-state index in [-0.39, 0.29) is 5.54 Å². The van der Waals surface area contributed by atoms with E-state index < -0.39 is 0 Å². The van der Waals surface area contributed by atoms with Gasteiger partial charge in [-0.3, -0.25) is 0 Å². The SMILES string of the molecule is CCCC1(COC)CCCN1c1nc(-c2ccccc2)ns1. The molecule has 2 aromatic rings. The maximum Gasteiger partial charge on any atom is 0.206 e. The Bertz CT molecular complexity index is 593. The summed E-state index contributed by atoms with van der Waals surface area (Å²) in [4.78, 5) is 7.23. The second-order valence-electron chi connectivity index (χ2n) is 5.93. The van der Waals surface area contributed by atoms with Crippen molar-refractivity contribution >= 4 is 16.7 Å². The molecule has 0 bridgehead atoms. The summed E-state index contributed by atoms with van der Waals surface area (Å²) in [6, 6.07) is 10.2. The molecule has 1 aromatic carbocycles. The fourth-order valence-electron chi connectivity index (χ4n) is 3.48. The van der Waals surface area contributed by atoms with Crippen LogP contribution < -0.4 is 4.90 Å². The molecule has 1 aromatic heterocycles. The van der Waals surface area contributed by atoms with Crippen LogP contribution in [0.15, 0.2) is 30.3 Å². The Morgan fingerprint density at radius 1 is 1.32 bits per heavy atom. The maximum absolute atomic E-state index is 5.54. The molecule has 5 heteroatoms. The monoisotopic (exact) mass is 317 g/mol. The van der Waals surface area contributed by atoms with E-state index in [0.29, 0.717) is 0 Å².